The van der Waals surface area contributed by atoms with Crippen LogP contribution in [-0.2, 0) is 40.1 Å². The normalized spacial score (nSPS) is 17.4. The van der Waals surface area contributed by atoms with Crippen LogP contribution in [0.25, 0.3) is 0 Å². The van der Waals surface area contributed by atoms with E-state index in [-0.39, 0.29) is 41.2 Å². The van der Waals surface area contributed by atoms with Crippen LogP contribution in [0.1, 0.15) is 35.7 Å². The van der Waals surface area contributed by atoms with Gasteiger partial charge >= 0.3 is 11.9 Å². The predicted octanol–water partition coefficient (Wildman–Crippen LogP) is 2.92. The Morgan fingerprint density at radius 2 is 1.81 bits per heavy atom. The number of imidazole rings is 1. The lowest BCUT2D eigenvalue weighted by Gasteiger charge is -2.49. The highest BCUT2D eigenvalue weighted by Gasteiger charge is 2.55. The van der Waals surface area contributed by atoms with Gasteiger partial charge in [0.15, 0.2) is 23.6 Å². The molecule has 0 saturated carbocycles. The Hall–Kier alpha value is -5.48. The molecule has 246 valence electrons. The number of benzene rings is 2. The number of carbonyl (C=O) groups excluding carboxylic acids is 4. The van der Waals surface area contributed by atoms with E-state index >= 15 is 0 Å². The second-order valence-corrected chi connectivity index (χ2v) is 12.5. The average Bonchev–Trinajstić information content (AvgIpc) is 3.79. The van der Waals surface area contributed by atoms with E-state index in [4.69, 9.17) is 20.0 Å². The molecule has 1 fully saturated rings. The molecule has 6 rings (SSSR count). The van der Waals surface area contributed by atoms with Crippen LogP contribution in [0.5, 0.6) is 0 Å². The van der Waals surface area contributed by atoms with Crippen LogP contribution in [0.2, 0.25) is 0 Å². The van der Waals surface area contributed by atoms with Gasteiger partial charge in [-0.05, 0) is 11.1 Å². The molecule has 2 amide bonds. The molecule has 0 radical (unpaired) electrons. The number of hydrogen-bond donors (Lipinski definition) is 3. The highest BCUT2D eigenvalue weighted by atomic mass is 32.2. The zero-order chi connectivity index (χ0) is 33.6. The number of esters is 2. The molecule has 1 saturated heterocycles. The molecule has 14 nitrogen and oxygen atoms in total. The van der Waals surface area contributed by atoms with Gasteiger partial charge in [0.05, 0.1) is 0 Å². The van der Waals surface area contributed by atoms with Crippen molar-refractivity contribution in [1.29, 1.82) is 0 Å². The largest absolute Gasteiger partial charge is 0.461 e. The summed E-state index contributed by atoms with van der Waals surface area (Å²) in [5, 5.41) is 7.78. The lowest BCUT2D eigenvalue weighted by Crippen LogP contribution is -2.71. The summed E-state index contributed by atoms with van der Waals surface area (Å²) >= 11 is 2.41. The first-order valence-corrected chi connectivity index (χ1v) is 16.5. The number of carbonyl (C=O) groups is 4. The molecule has 2 aliphatic heterocycles. The molecular weight excluding hydrogens is 659 g/mol. The summed E-state index contributed by atoms with van der Waals surface area (Å²) in [6.45, 7) is 0.995. The molecular formula is C32H29N7O7S2. The topological polar surface area (TPSA) is 191 Å². The van der Waals surface area contributed by atoms with Gasteiger partial charge < -0.3 is 30.3 Å². The molecule has 0 aliphatic carbocycles. The third kappa shape index (κ3) is 7.08. The standard InChI is InChI=1S/C32H29N7O7S2/c1-18(40)44-14-21-16-47-30-25(37-28(41)24(22-17-48-32(33)36-22)38-45-15-23-34-12-13-35-23)29(42)39(30)26(21)31(43)46-27(19-8-4-2-5-9-19)20-10-6-3-7-11-20/h2-13,17,25,27,30H,14-16H2,1H3,(H2,33,36)(H,34,35)(H,37,41)/b38-24-/t25-,30-/m1/s1. The first-order valence-electron chi connectivity index (χ1n) is 14.6. The van der Waals surface area contributed by atoms with Gasteiger partial charge in [0.1, 0.15) is 35.2 Å². The Kier molecular flexibility index (Phi) is 9.82. The zero-order valence-corrected chi connectivity index (χ0v) is 27.0. The minimum atomic E-state index is -1.02. The summed E-state index contributed by atoms with van der Waals surface area (Å²) in [4.78, 5) is 70.7. The van der Waals surface area contributed by atoms with Crippen molar-refractivity contribution in [2.45, 2.75) is 31.1 Å². The maximum Gasteiger partial charge on any atom is 0.356 e. The first kappa shape index (κ1) is 32.5. The summed E-state index contributed by atoms with van der Waals surface area (Å²) in [6, 6.07) is 17.4. The Bertz CT molecular complexity index is 1820. The number of aromatic amines is 1. The van der Waals surface area contributed by atoms with Crippen LogP contribution in [0.3, 0.4) is 0 Å². The number of aromatic nitrogens is 3. The van der Waals surface area contributed by atoms with E-state index in [9.17, 15) is 19.2 Å². The molecule has 0 bridgehead atoms. The van der Waals surface area contributed by atoms with Gasteiger partial charge in [-0.25, -0.2) is 14.8 Å². The van der Waals surface area contributed by atoms with Crippen LogP contribution < -0.4 is 11.1 Å². The number of nitrogens with zero attached hydrogens (tertiary/aromatic N) is 4. The van der Waals surface area contributed by atoms with Crippen molar-refractivity contribution in [3.63, 3.8) is 0 Å². The fourth-order valence-electron chi connectivity index (χ4n) is 5.06. The van der Waals surface area contributed by atoms with Crippen molar-refractivity contribution < 1.29 is 33.5 Å². The lowest BCUT2D eigenvalue weighted by atomic mass is 10.0. The summed E-state index contributed by atoms with van der Waals surface area (Å²) in [5.74, 6) is -1.89. The Morgan fingerprint density at radius 1 is 1.10 bits per heavy atom. The van der Waals surface area contributed by atoms with Gasteiger partial charge in [-0.15, -0.1) is 23.1 Å². The molecule has 4 N–H and O–H groups in total. The molecule has 4 heterocycles. The molecule has 2 aromatic heterocycles. The predicted molar refractivity (Wildman–Crippen MR) is 176 cm³/mol. The van der Waals surface area contributed by atoms with Crippen molar-refractivity contribution >= 4 is 57.7 Å². The number of hydrogen-bond acceptors (Lipinski definition) is 13. The van der Waals surface area contributed by atoms with E-state index in [0.717, 1.165) is 22.5 Å². The number of β-lactam (4-membered cyclic amide) rings is 1. The number of fused-ring (bicyclic) bond motifs is 1. The summed E-state index contributed by atoms with van der Waals surface area (Å²) in [6.07, 6.45) is 2.38. The van der Waals surface area contributed by atoms with Gasteiger partial charge in [-0.3, -0.25) is 19.3 Å². The number of amides is 2. The van der Waals surface area contributed by atoms with Gasteiger partial charge in [-0.2, -0.15) is 0 Å². The molecule has 48 heavy (non-hydrogen) atoms. The zero-order valence-electron chi connectivity index (χ0n) is 25.4. The lowest BCUT2D eigenvalue weighted by molar-refractivity contribution is -0.154. The summed E-state index contributed by atoms with van der Waals surface area (Å²) < 4.78 is 11.3. The van der Waals surface area contributed by atoms with E-state index < -0.39 is 41.3 Å². The Balaban J connectivity index is 1.24. The van der Waals surface area contributed by atoms with Gasteiger partial charge in [0.25, 0.3) is 11.8 Å². The number of rotatable bonds is 12. The number of nitrogens with two attached hydrogens (primary N) is 1. The highest BCUT2D eigenvalue weighted by molar-refractivity contribution is 8.00. The monoisotopic (exact) mass is 687 g/mol. The van der Waals surface area contributed by atoms with Crippen molar-refractivity contribution in [3.8, 4) is 0 Å². The van der Waals surface area contributed by atoms with E-state index in [0.29, 0.717) is 11.4 Å². The van der Waals surface area contributed by atoms with Crippen molar-refractivity contribution in [2.24, 2.45) is 5.16 Å². The van der Waals surface area contributed by atoms with Crippen molar-refractivity contribution in [2.75, 3.05) is 18.1 Å². The maximum atomic E-state index is 14.0. The summed E-state index contributed by atoms with van der Waals surface area (Å²) in [5.41, 5.74) is 7.59. The first-order chi connectivity index (χ1) is 23.3. The number of ether oxygens (including phenoxy) is 2. The highest BCUT2D eigenvalue weighted by Crippen LogP contribution is 2.41. The Morgan fingerprint density at radius 3 is 2.42 bits per heavy atom. The van der Waals surface area contributed by atoms with E-state index in [1.807, 2.05) is 60.7 Å². The quantitative estimate of drug-likeness (QED) is 0.0859. The second kappa shape index (κ2) is 14.5. The van der Waals surface area contributed by atoms with E-state index in [1.54, 1.807) is 17.8 Å². The second-order valence-electron chi connectivity index (χ2n) is 10.5. The molecule has 0 unspecified atom stereocenters. The number of nitrogen functional groups attached to an aromatic ring is 1. The number of H-pyrrole nitrogens is 1. The van der Waals surface area contributed by atoms with E-state index in [2.05, 4.69) is 25.4 Å². The summed E-state index contributed by atoms with van der Waals surface area (Å²) in [7, 11) is 0. The fraction of sp³-hybridized carbons (Fsp3) is 0.219. The molecule has 2 atom stereocenters. The maximum absolute atomic E-state index is 14.0. The molecule has 0 spiro atoms. The van der Waals surface area contributed by atoms with Gasteiger partial charge in [0.2, 0.25) is 0 Å². The van der Waals surface area contributed by atoms with E-state index in [1.165, 1.54) is 23.6 Å². The van der Waals surface area contributed by atoms with Gasteiger partial charge in [-0.1, -0.05) is 65.8 Å². The van der Waals surface area contributed by atoms with Crippen LogP contribution in [0.15, 0.2) is 94.9 Å². The number of oxime groups is 1. The average molecular weight is 688 g/mol. The minimum Gasteiger partial charge on any atom is -0.461 e. The minimum absolute atomic E-state index is 0.0321. The van der Waals surface area contributed by atoms with Gasteiger partial charge in [0, 0.05) is 36.0 Å². The van der Waals surface area contributed by atoms with Crippen LogP contribution in [0.4, 0.5) is 5.13 Å². The molecule has 4 aromatic rings. The number of nitrogens with one attached hydrogen (secondary N) is 2. The molecule has 16 heteroatoms. The number of thioether (sulfide) groups is 1. The fourth-order valence-corrected chi connectivity index (χ4v) is 6.94. The van der Waals surface area contributed by atoms with Crippen molar-refractivity contribution in [3.05, 3.63) is 112 Å². The molecule has 2 aromatic carbocycles. The van der Waals surface area contributed by atoms with Crippen molar-refractivity contribution in [1.82, 2.24) is 25.2 Å². The third-order valence-electron chi connectivity index (χ3n) is 7.30. The van der Waals surface area contributed by atoms with Crippen LogP contribution in [0, 0.1) is 0 Å². The number of thiazole rings is 1. The SMILES string of the molecule is CC(=O)OCC1=C(C(=O)OC(c2ccccc2)c2ccccc2)N2C(=O)[C@@H](NC(=O)/C(=N\OCc3ncc[nH]3)c3csc(N)n3)[C@H]2SC1. The molecule has 2 aliphatic rings. The number of anilines is 1. The van der Waals surface area contributed by atoms with Crippen LogP contribution in [-0.4, -0.2) is 73.1 Å². The van der Waals surface area contributed by atoms with Crippen LogP contribution >= 0.6 is 23.1 Å². The third-order valence-corrected chi connectivity index (χ3v) is 9.31. The Labute approximate surface area is 282 Å². The smallest absolute Gasteiger partial charge is 0.356 e.